The summed E-state index contributed by atoms with van der Waals surface area (Å²) in [5.41, 5.74) is 3.88. The van der Waals surface area contributed by atoms with Crippen molar-refractivity contribution in [3.8, 4) is 0 Å². The van der Waals surface area contributed by atoms with Gasteiger partial charge in [-0.3, -0.25) is 9.89 Å². The Kier molecular flexibility index (Phi) is 7.26. The van der Waals surface area contributed by atoms with Crippen LogP contribution < -0.4 is 10.6 Å². The second-order valence-corrected chi connectivity index (χ2v) is 7.96. The summed E-state index contributed by atoms with van der Waals surface area (Å²) in [5, 5.41) is 11.0. The molecule has 146 valence electrons. The van der Waals surface area contributed by atoms with Crippen molar-refractivity contribution in [2.24, 2.45) is 4.99 Å². The normalized spacial score (nSPS) is 21.2. The highest BCUT2D eigenvalue weighted by atomic mass is 32.1. The number of thiophene rings is 1. The van der Waals surface area contributed by atoms with Gasteiger partial charge in [-0.05, 0) is 47.4 Å². The second kappa shape index (κ2) is 9.88. The van der Waals surface area contributed by atoms with Gasteiger partial charge in [-0.25, -0.2) is 0 Å². The average molecular weight is 387 g/mol. The Bertz CT molecular complexity index is 704. The number of hydrogen-bond donors (Lipinski definition) is 2. The highest BCUT2D eigenvalue weighted by Crippen LogP contribution is 2.14. The van der Waals surface area contributed by atoms with E-state index in [2.05, 4.69) is 75.5 Å². The second-order valence-electron chi connectivity index (χ2n) is 7.18. The lowest BCUT2D eigenvalue weighted by atomic mass is 10.1. The van der Waals surface area contributed by atoms with Crippen LogP contribution in [0.25, 0.3) is 0 Å². The first-order valence-corrected chi connectivity index (χ1v) is 10.5. The highest BCUT2D eigenvalue weighted by Gasteiger charge is 2.21. The van der Waals surface area contributed by atoms with Crippen LogP contribution in [-0.4, -0.2) is 43.2 Å². The molecule has 3 rings (SSSR count). The minimum Gasteiger partial charge on any atom is -0.373 e. The van der Waals surface area contributed by atoms with Gasteiger partial charge in [-0.2, -0.15) is 11.3 Å². The molecule has 1 fully saturated rings. The van der Waals surface area contributed by atoms with Crippen molar-refractivity contribution in [1.29, 1.82) is 0 Å². The van der Waals surface area contributed by atoms with Crippen molar-refractivity contribution in [2.75, 3.05) is 20.1 Å². The van der Waals surface area contributed by atoms with E-state index in [4.69, 9.17) is 4.74 Å². The van der Waals surface area contributed by atoms with Crippen molar-refractivity contribution in [3.05, 3.63) is 57.8 Å². The van der Waals surface area contributed by atoms with E-state index in [9.17, 15) is 0 Å². The van der Waals surface area contributed by atoms with Crippen molar-refractivity contribution in [1.82, 2.24) is 15.5 Å². The Morgan fingerprint density at radius 3 is 2.26 bits per heavy atom. The molecule has 2 heterocycles. The van der Waals surface area contributed by atoms with Gasteiger partial charge in [0.05, 0.1) is 12.2 Å². The zero-order valence-electron chi connectivity index (χ0n) is 16.4. The first-order chi connectivity index (χ1) is 13.1. The van der Waals surface area contributed by atoms with Crippen LogP contribution in [0, 0.1) is 0 Å². The maximum atomic E-state index is 5.82. The predicted octanol–water partition coefficient (Wildman–Crippen LogP) is 3.22. The van der Waals surface area contributed by atoms with E-state index in [1.54, 1.807) is 18.4 Å². The van der Waals surface area contributed by atoms with E-state index >= 15 is 0 Å². The summed E-state index contributed by atoms with van der Waals surface area (Å²) < 4.78 is 5.82. The molecule has 1 aliphatic heterocycles. The summed E-state index contributed by atoms with van der Waals surface area (Å²) in [6.45, 7) is 8.83. The van der Waals surface area contributed by atoms with Gasteiger partial charge in [0.1, 0.15) is 0 Å². The molecule has 0 bridgehead atoms. The number of guanidine groups is 1. The largest absolute Gasteiger partial charge is 0.373 e. The van der Waals surface area contributed by atoms with Gasteiger partial charge >= 0.3 is 0 Å². The third kappa shape index (κ3) is 6.34. The molecule has 2 N–H and O–H groups in total. The summed E-state index contributed by atoms with van der Waals surface area (Å²) in [6, 6.07) is 11.0. The lowest BCUT2D eigenvalue weighted by Gasteiger charge is -2.35. The average Bonchev–Trinajstić information content (AvgIpc) is 3.16. The monoisotopic (exact) mass is 386 g/mol. The van der Waals surface area contributed by atoms with Crippen LogP contribution in [-0.2, 0) is 24.4 Å². The van der Waals surface area contributed by atoms with Gasteiger partial charge in [-0.1, -0.05) is 24.3 Å². The third-order valence-corrected chi connectivity index (χ3v) is 5.38. The lowest BCUT2D eigenvalue weighted by Crippen LogP contribution is -2.44. The van der Waals surface area contributed by atoms with Crippen LogP contribution in [0.2, 0.25) is 0 Å². The van der Waals surface area contributed by atoms with Crippen LogP contribution >= 0.6 is 11.3 Å². The number of rotatable bonds is 6. The molecular formula is C21H30N4OS. The van der Waals surface area contributed by atoms with Gasteiger partial charge in [0.15, 0.2) is 5.96 Å². The van der Waals surface area contributed by atoms with Crippen molar-refractivity contribution in [3.63, 3.8) is 0 Å². The van der Waals surface area contributed by atoms with E-state index in [1.165, 1.54) is 16.7 Å². The van der Waals surface area contributed by atoms with Gasteiger partial charge in [-0.15, -0.1) is 0 Å². The molecular weight excluding hydrogens is 356 g/mol. The van der Waals surface area contributed by atoms with E-state index in [1.807, 2.05) is 0 Å². The van der Waals surface area contributed by atoms with Crippen molar-refractivity contribution < 1.29 is 4.74 Å². The Hall–Kier alpha value is -1.89. The topological polar surface area (TPSA) is 48.9 Å². The highest BCUT2D eigenvalue weighted by molar-refractivity contribution is 7.07. The fourth-order valence-corrected chi connectivity index (χ4v) is 4.09. The predicted molar refractivity (Wildman–Crippen MR) is 113 cm³/mol. The molecule has 0 radical (unpaired) electrons. The van der Waals surface area contributed by atoms with Crippen LogP contribution in [0.1, 0.15) is 30.5 Å². The van der Waals surface area contributed by atoms with Gasteiger partial charge in [0.25, 0.3) is 0 Å². The molecule has 2 atom stereocenters. The van der Waals surface area contributed by atoms with E-state index in [0.717, 1.165) is 38.7 Å². The third-order valence-electron chi connectivity index (χ3n) is 4.65. The summed E-state index contributed by atoms with van der Waals surface area (Å²) in [4.78, 5) is 6.77. The zero-order valence-corrected chi connectivity index (χ0v) is 17.3. The van der Waals surface area contributed by atoms with Gasteiger partial charge in [0, 0.05) is 39.8 Å². The molecule has 2 aromatic rings. The molecule has 6 heteroatoms. The number of nitrogens with zero attached hydrogens (tertiary/aromatic N) is 2. The number of nitrogens with one attached hydrogen (secondary N) is 2. The maximum Gasteiger partial charge on any atom is 0.191 e. The standard InChI is InChI=1S/C21H30N4OS/c1-16-12-25(13-17(2)26-16)14-19-6-4-18(5-7-19)10-23-21(22-3)24-11-20-8-9-27-15-20/h4-9,15-17H,10-14H2,1-3H3,(H2,22,23,24). The molecule has 1 aromatic heterocycles. The number of morpholine rings is 1. The smallest absolute Gasteiger partial charge is 0.191 e. The number of benzene rings is 1. The molecule has 0 spiro atoms. The molecule has 0 aliphatic carbocycles. The van der Waals surface area contributed by atoms with E-state index in [-0.39, 0.29) is 0 Å². The Labute approximate surface area is 166 Å². The maximum absolute atomic E-state index is 5.82. The number of aliphatic imine (C=N–C) groups is 1. The molecule has 1 aromatic carbocycles. The lowest BCUT2D eigenvalue weighted by molar-refractivity contribution is -0.0704. The molecule has 1 aliphatic rings. The molecule has 5 nitrogen and oxygen atoms in total. The van der Waals surface area contributed by atoms with Crippen molar-refractivity contribution in [2.45, 2.75) is 45.7 Å². The minimum absolute atomic E-state index is 0.311. The summed E-state index contributed by atoms with van der Waals surface area (Å²) >= 11 is 1.71. The Morgan fingerprint density at radius 2 is 1.67 bits per heavy atom. The first kappa shape index (κ1) is 19.9. The quantitative estimate of drug-likeness (QED) is 0.591. The fourth-order valence-electron chi connectivity index (χ4n) is 3.42. The van der Waals surface area contributed by atoms with Crippen molar-refractivity contribution >= 4 is 17.3 Å². The van der Waals surface area contributed by atoms with E-state index in [0.29, 0.717) is 12.2 Å². The first-order valence-electron chi connectivity index (χ1n) is 9.53. The van der Waals surface area contributed by atoms with Crippen LogP contribution in [0.15, 0.2) is 46.1 Å². The van der Waals surface area contributed by atoms with Gasteiger partial charge in [0.2, 0.25) is 0 Å². The fraction of sp³-hybridized carbons (Fsp3) is 0.476. The summed E-state index contributed by atoms with van der Waals surface area (Å²) in [7, 11) is 1.80. The molecule has 0 saturated carbocycles. The van der Waals surface area contributed by atoms with Crippen LogP contribution in [0.5, 0.6) is 0 Å². The summed E-state index contributed by atoms with van der Waals surface area (Å²) in [5.74, 6) is 0.821. The summed E-state index contributed by atoms with van der Waals surface area (Å²) in [6.07, 6.45) is 0.621. The zero-order chi connectivity index (χ0) is 19.1. The van der Waals surface area contributed by atoms with E-state index < -0.39 is 0 Å². The Balaban J connectivity index is 1.45. The Morgan fingerprint density at radius 1 is 1.04 bits per heavy atom. The van der Waals surface area contributed by atoms with Crippen LogP contribution in [0.3, 0.4) is 0 Å². The minimum atomic E-state index is 0.311. The van der Waals surface area contributed by atoms with Crippen LogP contribution in [0.4, 0.5) is 0 Å². The molecule has 27 heavy (non-hydrogen) atoms. The number of hydrogen-bond acceptors (Lipinski definition) is 4. The molecule has 2 unspecified atom stereocenters. The molecule has 1 saturated heterocycles. The number of ether oxygens (including phenoxy) is 1. The SMILES string of the molecule is CN=C(NCc1ccc(CN2CC(C)OC(C)C2)cc1)NCc1ccsc1. The van der Waals surface area contributed by atoms with Gasteiger partial charge < -0.3 is 15.4 Å². The molecule has 0 amide bonds.